The number of benzene rings is 2. The standard InChI is InChI=1S/C16H12FN3O2/c17-12-3-1-2-4-15(12)22-10-16(21)20-11-5-6-13-14(9-11)19-8-7-18-13/h1-9H,10H2,(H,20,21). The van der Waals surface area contributed by atoms with E-state index in [1.165, 1.54) is 12.1 Å². The van der Waals surface area contributed by atoms with E-state index in [1.54, 1.807) is 42.7 Å². The van der Waals surface area contributed by atoms with Crippen LogP contribution in [0.15, 0.2) is 54.9 Å². The van der Waals surface area contributed by atoms with Crippen LogP contribution in [0, 0.1) is 5.82 Å². The van der Waals surface area contributed by atoms with Crippen molar-refractivity contribution in [1.82, 2.24) is 9.97 Å². The van der Waals surface area contributed by atoms with Crippen LogP contribution in [0.1, 0.15) is 0 Å². The average molecular weight is 297 g/mol. The lowest BCUT2D eigenvalue weighted by Gasteiger charge is -2.08. The molecule has 0 aliphatic rings. The predicted molar refractivity (Wildman–Crippen MR) is 80.1 cm³/mol. The molecule has 0 saturated carbocycles. The van der Waals surface area contributed by atoms with E-state index in [-0.39, 0.29) is 18.3 Å². The van der Waals surface area contributed by atoms with Crippen molar-refractivity contribution in [3.05, 3.63) is 60.7 Å². The van der Waals surface area contributed by atoms with Crippen molar-refractivity contribution >= 4 is 22.6 Å². The lowest BCUT2D eigenvalue weighted by Crippen LogP contribution is -2.20. The normalized spacial score (nSPS) is 10.4. The Morgan fingerprint density at radius 1 is 1.09 bits per heavy atom. The molecule has 1 aromatic heterocycles. The number of nitrogens with one attached hydrogen (secondary N) is 1. The molecule has 1 amide bonds. The summed E-state index contributed by atoms with van der Waals surface area (Å²) in [6.45, 7) is -0.278. The first kappa shape index (κ1) is 13.9. The molecule has 2 aromatic carbocycles. The van der Waals surface area contributed by atoms with Gasteiger partial charge in [0, 0.05) is 18.1 Å². The molecule has 0 spiro atoms. The van der Waals surface area contributed by atoms with Gasteiger partial charge in [0.2, 0.25) is 0 Å². The van der Waals surface area contributed by atoms with Gasteiger partial charge in [-0.3, -0.25) is 14.8 Å². The van der Waals surface area contributed by atoms with Crippen LogP contribution in [0.5, 0.6) is 5.75 Å². The van der Waals surface area contributed by atoms with Gasteiger partial charge in [-0.05, 0) is 30.3 Å². The topological polar surface area (TPSA) is 64.1 Å². The van der Waals surface area contributed by atoms with E-state index in [1.807, 2.05) is 0 Å². The molecule has 0 aliphatic heterocycles. The largest absolute Gasteiger partial charge is 0.481 e. The van der Waals surface area contributed by atoms with Gasteiger partial charge < -0.3 is 10.1 Å². The van der Waals surface area contributed by atoms with Crippen LogP contribution in [0.3, 0.4) is 0 Å². The van der Waals surface area contributed by atoms with Gasteiger partial charge in [-0.15, -0.1) is 0 Å². The molecular formula is C16H12FN3O2. The number of fused-ring (bicyclic) bond motifs is 1. The van der Waals surface area contributed by atoms with Crippen LogP contribution in [-0.2, 0) is 4.79 Å². The van der Waals surface area contributed by atoms with Crippen LogP contribution >= 0.6 is 0 Å². The summed E-state index contributed by atoms with van der Waals surface area (Å²) in [5.74, 6) is -0.843. The molecular weight excluding hydrogens is 285 g/mol. The number of aromatic nitrogens is 2. The van der Waals surface area contributed by atoms with Crippen molar-refractivity contribution in [3.8, 4) is 5.75 Å². The SMILES string of the molecule is O=C(COc1ccccc1F)Nc1ccc2nccnc2c1. The minimum atomic E-state index is -0.503. The zero-order chi connectivity index (χ0) is 15.4. The molecule has 1 N–H and O–H groups in total. The lowest BCUT2D eigenvalue weighted by molar-refractivity contribution is -0.118. The third-order valence-electron chi connectivity index (χ3n) is 2.95. The molecule has 3 aromatic rings. The smallest absolute Gasteiger partial charge is 0.262 e. The third-order valence-corrected chi connectivity index (χ3v) is 2.95. The summed E-state index contributed by atoms with van der Waals surface area (Å²) in [4.78, 5) is 20.1. The zero-order valence-corrected chi connectivity index (χ0v) is 11.5. The highest BCUT2D eigenvalue weighted by Crippen LogP contribution is 2.16. The fourth-order valence-corrected chi connectivity index (χ4v) is 1.94. The molecule has 0 aliphatic carbocycles. The van der Waals surface area contributed by atoms with Crippen LogP contribution in [0.4, 0.5) is 10.1 Å². The Labute approximate surface area is 125 Å². The quantitative estimate of drug-likeness (QED) is 0.804. The van der Waals surface area contributed by atoms with Gasteiger partial charge in [0.25, 0.3) is 5.91 Å². The maximum Gasteiger partial charge on any atom is 0.262 e. The number of anilines is 1. The number of para-hydroxylation sites is 1. The fourth-order valence-electron chi connectivity index (χ4n) is 1.94. The highest BCUT2D eigenvalue weighted by atomic mass is 19.1. The van der Waals surface area contributed by atoms with Crippen LogP contribution < -0.4 is 10.1 Å². The number of halogens is 1. The first-order valence-electron chi connectivity index (χ1n) is 6.60. The average Bonchev–Trinajstić information content (AvgIpc) is 2.54. The van der Waals surface area contributed by atoms with Crippen molar-refractivity contribution in [3.63, 3.8) is 0 Å². The number of ether oxygens (including phenoxy) is 1. The van der Waals surface area contributed by atoms with Crippen molar-refractivity contribution in [2.75, 3.05) is 11.9 Å². The second-order valence-corrected chi connectivity index (χ2v) is 4.53. The van der Waals surface area contributed by atoms with Gasteiger partial charge in [-0.25, -0.2) is 4.39 Å². The second kappa shape index (κ2) is 6.17. The van der Waals surface area contributed by atoms with Crippen molar-refractivity contribution in [2.45, 2.75) is 0 Å². The van der Waals surface area contributed by atoms with Gasteiger partial charge in [-0.2, -0.15) is 0 Å². The molecule has 110 valence electrons. The summed E-state index contributed by atoms with van der Waals surface area (Å²) < 4.78 is 18.5. The summed E-state index contributed by atoms with van der Waals surface area (Å²) >= 11 is 0. The lowest BCUT2D eigenvalue weighted by atomic mass is 10.2. The molecule has 22 heavy (non-hydrogen) atoms. The minimum Gasteiger partial charge on any atom is -0.481 e. The molecule has 6 heteroatoms. The van der Waals surface area contributed by atoms with E-state index in [9.17, 15) is 9.18 Å². The Morgan fingerprint density at radius 3 is 2.68 bits per heavy atom. The van der Waals surface area contributed by atoms with Crippen LogP contribution in [0.2, 0.25) is 0 Å². The van der Waals surface area contributed by atoms with E-state index in [2.05, 4.69) is 15.3 Å². The maximum atomic E-state index is 13.4. The summed E-state index contributed by atoms with van der Waals surface area (Å²) in [6, 6.07) is 11.1. The Hall–Kier alpha value is -3.02. The van der Waals surface area contributed by atoms with Crippen molar-refractivity contribution in [2.24, 2.45) is 0 Å². The zero-order valence-electron chi connectivity index (χ0n) is 11.5. The molecule has 1 heterocycles. The second-order valence-electron chi connectivity index (χ2n) is 4.53. The van der Waals surface area contributed by atoms with Crippen molar-refractivity contribution < 1.29 is 13.9 Å². The Balaban J connectivity index is 1.64. The van der Waals surface area contributed by atoms with Crippen LogP contribution in [-0.4, -0.2) is 22.5 Å². The van der Waals surface area contributed by atoms with E-state index in [0.717, 1.165) is 5.52 Å². The van der Waals surface area contributed by atoms with Crippen molar-refractivity contribution in [1.29, 1.82) is 0 Å². The Kier molecular flexibility index (Phi) is 3.91. The third kappa shape index (κ3) is 3.17. The number of hydrogen-bond donors (Lipinski definition) is 1. The van der Waals surface area contributed by atoms with Gasteiger partial charge in [0.05, 0.1) is 11.0 Å². The number of amides is 1. The van der Waals surface area contributed by atoms with Gasteiger partial charge >= 0.3 is 0 Å². The monoisotopic (exact) mass is 297 g/mol. The van der Waals surface area contributed by atoms with Gasteiger partial charge in [0.15, 0.2) is 18.2 Å². The molecule has 0 unspecified atom stereocenters. The van der Waals surface area contributed by atoms with Gasteiger partial charge in [0.1, 0.15) is 0 Å². The van der Waals surface area contributed by atoms with Crippen LogP contribution in [0.25, 0.3) is 11.0 Å². The fraction of sp³-hybridized carbons (Fsp3) is 0.0625. The first-order valence-corrected chi connectivity index (χ1v) is 6.60. The summed E-state index contributed by atoms with van der Waals surface area (Å²) in [6.07, 6.45) is 3.18. The highest BCUT2D eigenvalue weighted by molar-refractivity contribution is 5.93. The molecule has 0 radical (unpaired) electrons. The molecule has 0 saturated heterocycles. The minimum absolute atomic E-state index is 0.0435. The Morgan fingerprint density at radius 2 is 1.86 bits per heavy atom. The van der Waals surface area contributed by atoms with E-state index < -0.39 is 5.82 Å². The summed E-state index contributed by atoms with van der Waals surface area (Å²) in [5.41, 5.74) is 1.99. The van der Waals surface area contributed by atoms with E-state index in [4.69, 9.17) is 4.74 Å². The molecule has 0 atom stereocenters. The van der Waals surface area contributed by atoms with E-state index >= 15 is 0 Å². The molecule has 3 rings (SSSR count). The molecule has 0 fully saturated rings. The number of carbonyl (C=O) groups excluding carboxylic acids is 1. The predicted octanol–water partition coefficient (Wildman–Crippen LogP) is 2.79. The van der Waals surface area contributed by atoms with Gasteiger partial charge in [-0.1, -0.05) is 12.1 Å². The number of carbonyl (C=O) groups is 1. The molecule has 5 nitrogen and oxygen atoms in total. The molecule has 0 bridgehead atoms. The van der Waals surface area contributed by atoms with E-state index in [0.29, 0.717) is 11.2 Å². The summed E-state index contributed by atoms with van der Waals surface area (Å²) in [5, 5.41) is 2.67. The first-order chi connectivity index (χ1) is 10.7. The summed E-state index contributed by atoms with van der Waals surface area (Å²) in [7, 11) is 0. The number of rotatable bonds is 4. The maximum absolute atomic E-state index is 13.4. The Bertz CT molecular complexity index is 823. The highest BCUT2D eigenvalue weighted by Gasteiger charge is 2.07. The number of nitrogens with zero attached hydrogens (tertiary/aromatic N) is 2. The number of hydrogen-bond acceptors (Lipinski definition) is 4.